The molecule has 5 heteroatoms. The summed E-state index contributed by atoms with van der Waals surface area (Å²) in [6.07, 6.45) is 0. The van der Waals surface area contributed by atoms with Crippen molar-refractivity contribution in [2.45, 2.75) is 40.1 Å². The van der Waals surface area contributed by atoms with E-state index in [4.69, 9.17) is 23.2 Å². The summed E-state index contributed by atoms with van der Waals surface area (Å²) in [5.41, 5.74) is 2.02. The maximum absolute atomic E-state index is 13.6. The third-order valence-corrected chi connectivity index (χ3v) is 6.20. The summed E-state index contributed by atoms with van der Waals surface area (Å²) >= 11 is 11.9. The first kappa shape index (κ1) is 15.1. The van der Waals surface area contributed by atoms with E-state index >= 15 is 0 Å². The van der Waals surface area contributed by atoms with E-state index in [1.807, 2.05) is 0 Å². The van der Waals surface area contributed by atoms with Crippen LogP contribution in [0.3, 0.4) is 0 Å². The smallest absolute Gasteiger partial charge is 0.144 e. The zero-order valence-corrected chi connectivity index (χ0v) is 14.2. The lowest BCUT2D eigenvalue weighted by Crippen LogP contribution is -2.07. The van der Waals surface area contributed by atoms with Gasteiger partial charge in [0.25, 0.3) is 0 Å². The van der Waals surface area contributed by atoms with E-state index in [9.17, 15) is 4.39 Å². The quantitative estimate of drug-likeness (QED) is 0.703. The SMILES string of the molecule is CC1(C)C(Cn2c(CCl)nc3cc(F)c(Cl)cc32)C1(C)C. The lowest BCUT2D eigenvalue weighted by molar-refractivity contribution is 0.457. The molecular formula is C16H19Cl2FN2. The number of aromatic nitrogens is 2. The molecule has 2 aromatic rings. The molecule has 1 aromatic carbocycles. The van der Waals surface area contributed by atoms with Crippen LogP contribution >= 0.6 is 23.2 Å². The van der Waals surface area contributed by atoms with Gasteiger partial charge >= 0.3 is 0 Å². The molecule has 0 amide bonds. The second-order valence-corrected chi connectivity index (χ2v) is 7.70. The maximum atomic E-state index is 13.6. The molecule has 1 saturated carbocycles. The number of hydrogen-bond donors (Lipinski definition) is 0. The summed E-state index contributed by atoms with van der Waals surface area (Å²) < 4.78 is 15.7. The van der Waals surface area contributed by atoms with Crippen LogP contribution in [0.2, 0.25) is 5.02 Å². The lowest BCUT2D eigenvalue weighted by atomic mass is 10.0. The van der Waals surface area contributed by atoms with Crippen LogP contribution in [-0.2, 0) is 12.4 Å². The van der Waals surface area contributed by atoms with Crippen LogP contribution in [0.1, 0.15) is 33.5 Å². The molecule has 2 nitrogen and oxygen atoms in total. The highest BCUT2D eigenvalue weighted by Crippen LogP contribution is 2.69. The number of rotatable bonds is 3. The Labute approximate surface area is 134 Å². The third-order valence-electron chi connectivity index (χ3n) is 5.67. The van der Waals surface area contributed by atoms with Gasteiger partial charge in [0, 0.05) is 12.6 Å². The Kier molecular flexibility index (Phi) is 3.31. The van der Waals surface area contributed by atoms with Crippen molar-refractivity contribution in [3.05, 3.63) is 28.8 Å². The monoisotopic (exact) mass is 328 g/mol. The molecule has 0 N–H and O–H groups in total. The molecule has 0 saturated heterocycles. The van der Waals surface area contributed by atoms with Gasteiger partial charge in [0.2, 0.25) is 0 Å². The molecule has 0 atom stereocenters. The molecule has 1 aromatic heterocycles. The average Bonchev–Trinajstić information content (AvgIpc) is 2.69. The number of alkyl halides is 1. The molecule has 3 rings (SSSR count). The molecule has 0 unspecified atom stereocenters. The van der Waals surface area contributed by atoms with Crippen molar-refractivity contribution < 1.29 is 4.39 Å². The van der Waals surface area contributed by atoms with Crippen LogP contribution in [0.25, 0.3) is 11.0 Å². The Morgan fingerprint density at radius 3 is 2.38 bits per heavy atom. The molecule has 0 aliphatic heterocycles. The van der Waals surface area contributed by atoms with Gasteiger partial charge in [-0.25, -0.2) is 9.37 Å². The van der Waals surface area contributed by atoms with Crippen molar-refractivity contribution in [3.8, 4) is 0 Å². The van der Waals surface area contributed by atoms with E-state index in [2.05, 4.69) is 37.2 Å². The maximum Gasteiger partial charge on any atom is 0.144 e. The summed E-state index contributed by atoms with van der Waals surface area (Å²) in [6, 6.07) is 3.03. The highest BCUT2D eigenvalue weighted by molar-refractivity contribution is 6.31. The van der Waals surface area contributed by atoms with Gasteiger partial charge in [0.05, 0.1) is 21.9 Å². The first-order chi connectivity index (χ1) is 9.70. The minimum Gasteiger partial charge on any atom is -0.327 e. The van der Waals surface area contributed by atoms with Crippen molar-refractivity contribution in [3.63, 3.8) is 0 Å². The van der Waals surface area contributed by atoms with E-state index in [1.54, 1.807) is 6.07 Å². The van der Waals surface area contributed by atoms with Crippen molar-refractivity contribution in [2.24, 2.45) is 16.7 Å². The number of halogens is 3. The van der Waals surface area contributed by atoms with Gasteiger partial charge in [-0.3, -0.25) is 0 Å². The van der Waals surface area contributed by atoms with Crippen molar-refractivity contribution >= 4 is 34.2 Å². The normalized spacial score (nSPS) is 20.1. The van der Waals surface area contributed by atoms with Crippen LogP contribution in [-0.4, -0.2) is 9.55 Å². The topological polar surface area (TPSA) is 17.8 Å². The fraction of sp³-hybridized carbons (Fsp3) is 0.562. The van der Waals surface area contributed by atoms with Crippen LogP contribution in [0.15, 0.2) is 12.1 Å². The molecule has 1 aliphatic rings. The minimum atomic E-state index is -0.443. The van der Waals surface area contributed by atoms with Gasteiger partial charge in [0.1, 0.15) is 11.6 Å². The van der Waals surface area contributed by atoms with Gasteiger partial charge in [0.15, 0.2) is 0 Å². The Hall–Kier alpha value is -0.800. The van der Waals surface area contributed by atoms with Crippen molar-refractivity contribution in [1.82, 2.24) is 9.55 Å². The Balaban J connectivity index is 2.08. The zero-order valence-electron chi connectivity index (χ0n) is 12.7. The molecule has 1 heterocycles. The molecule has 21 heavy (non-hydrogen) atoms. The van der Waals surface area contributed by atoms with Gasteiger partial charge in [-0.1, -0.05) is 39.3 Å². The lowest BCUT2D eigenvalue weighted by Gasteiger charge is -2.09. The van der Waals surface area contributed by atoms with Gasteiger partial charge in [-0.15, -0.1) is 11.6 Å². The van der Waals surface area contributed by atoms with E-state index in [-0.39, 0.29) is 15.9 Å². The summed E-state index contributed by atoms with van der Waals surface area (Å²) in [5.74, 6) is 1.17. The molecule has 0 radical (unpaired) electrons. The highest BCUT2D eigenvalue weighted by Gasteiger charge is 2.64. The molecular weight excluding hydrogens is 310 g/mol. The number of fused-ring (bicyclic) bond motifs is 1. The average molecular weight is 329 g/mol. The summed E-state index contributed by atoms with van der Waals surface area (Å²) in [7, 11) is 0. The second kappa shape index (κ2) is 4.60. The van der Waals surface area contributed by atoms with Crippen LogP contribution in [0.5, 0.6) is 0 Å². The van der Waals surface area contributed by atoms with Crippen molar-refractivity contribution in [1.29, 1.82) is 0 Å². The number of imidazole rings is 1. The minimum absolute atomic E-state index is 0.124. The van der Waals surface area contributed by atoms with Gasteiger partial charge in [-0.05, 0) is 22.8 Å². The predicted molar refractivity (Wildman–Crippen MR) is 85.3 cm³/mol. The van der Waals surface area contributed by atoms with Gasteiger partial charge < -0.3 is 4.57 Å². The molecule has 0 spiro atoms. The summed E-state index contributed by atoms with van der Waals surface area (Å²) in [5, 5.41) is 0.124. The molecule has 1 aliphatic carbocycles. The van der Waals surface area contributed by atoms with Crippen molar-refractivity contribution in [2.75, 3.05) is 0 Å². The van der Waals surface area contributed by atoms with Crippen LogP contribution in [0.4, 0.5) is 4.39 Å². The van der Waals surface area contributed by atoms with E-state index in [0.717, 1.165) is 17.9 Å². The predicted octanol–water partition coefficient (Wildman–Crippen LogP) is 5.25. The Bertz CT molecular complexity index is 705. The zero-order chi connectivity index (χ0) is 15.6. The standard InChI is InChI=1S/C16H19Cl2FN2/c1-15(2)13(16(15,3)4)8-21-12-5-9(18)10(19)6-11(12)20-14(21)7-17/h5-6,13H,7-8H2,1-4H3. The fourth-order valence-electron chi connectivity index (χ4n) is 3.45. The van der Waals surface area contributed by atoms with Gasteiger partial charge in [-0.2, -0.15) is 0 Å². The fourth-order valence-corrected chi connectivity index (χ4v) is 3.81. The third kappa shape index (κ3) is 2.08. The number of benzene rings is 1. The highest BCUT2D eigenvalue weighted by atomic mass is 35.5. The second-order valence-electron chi connectivity index (χ2n) is 7.02. The molecule has 114 valence electrons. The van der Waals surface area contributed by atoms with Crippen LogP contribution < -0.4 is 0 Å². The molecule has 0 bridgehead atoms. The first-order valence-corrected chi connectivity index (χ1v) is 8.01. The van der Waals surface area contributed by atoms with E-state index in [1.165, 1.54) is 6.07 Å². The van der Waals surface area contributed by atoms with Crippen LogP contribution in [0, 0.1) is 22.6 Å². The summed E-state index contributed by atoms with van der Waals surface area (Å²) in [4.78, 5) is 4.44. The number of hydrogen-bond acceptors (Lipinski definition) is 1. The molecule has 1 fully saturated rings. The van der Waals surface area contributed by atoms with E-state index in [0.29, 0.717) is 17.3 Å². The largest absolute Gasteiger partial charge is 0.327 e. The Morgan fingerprint density at radius 1 is 1.24 bits per heavy atom. The first-order valence-electron chi connectivity index (χ1n) is 7.10. The Morgan fingerprint density at radius 2 is 1.86 bits per heavy atom. The summed E-state index contributed by atoms with van der Waals surface area (Å²) in [6.45, 7) is 9.96. The van der Waals surface area contributed by atoms with E-state index < -0.39 is 5.82 Å². The number of nitrogens with zero attached hydrogens (tertiary/aromatic N) is 2.